The minimum absolute atomic E-state index is 0.0370. The van der Waals surface area contributed by atoms with E-state index in [4.69, 9.17) is 5.11 Å². The Balaban J connectivity index is 2.91. The van der Waals surface area contributed by atoms with Gasteiger partial charge in [0, 0.05) is 12.8 Å². The zero-order chi connectivity index (χ0) is 7.28. The van der Waals surface area contributed by atoms with Gasteiger partial charge in [-0.2, -0.15) is 0 Å². The second-order valence-electron chi connectivity index (χ2n) is 1.76. The zero-order valence-corrected chi connectivity index (χ0v) is 4.86. The topological polar surface area (TPSA) is 20.2 Å². The average molecular weight is 142 g/mol. The van der Waals surface area contributed by atoms with Crippen LogP contribution in [0.2, 0.25) is 0 Å². The molecule has 56 valence electrons. The highest BCUT2D eigenvalue weighted by Gasteiger charge is 2.04. The second kappa shape index (κ2) is 4.61. The van der Waals surface area contributed by atoms with Gasteiger partial charge in [-0.1, -0.05) is 0 Å². The van der Waals surface area contributed by atoms with Gasteiger partial charge in [0.2, 0.25) is 6.43 Å². The maximum Gasteiger partial charge on any atom is 0.238 e. The maximum atomic E-state index is 11.5. The summed E-state index contributed by atoms with van der Waals surface area (Å²) in [6.07, 6.45) is -4.81. The Bertz CT molecular complexity index is 57.2. The molecule has 1 nitrogen and oxygen atoms in total. The molecule has 4 heteroatoms. The Morgan fingerprint density at radius 3 is 2.00 bits per heavy atom. The summed E-state index contributed by atoms with van der Waals surface area (Å²) < 4.78 is 34.0. The third-order valence-electron chi connectivity index (χ3n) is 0.865. The van der Waals surface area contributed by atoms with E-state index in [9.17, 15) is 13.2 Å². The summed E-state index contributed by atoms with van der Waals surface area (Å²) in [6.45, 7) is 0. The van der Waals surface area contributed by atoms with Gasteiger partial charge in [0.05, 0.1) is 0 Å². The molecule has 0 radical (unpaired) electrons. The van der Waals surface area contributed by atoms with Crippen LogP contribution in [-0.4, -0.2) is 17.9 Å². The molecular weight excluding hydrogens is 133 g/mol. The largest absolute Gasteiger partial charge is 0.364 e. The Morgan fingerprint density at radius 2 is 1.67 bits per heavy atom. The maximum absolute atomic E-state index is 11.5. The highest BCUT2D eigenvalue weighted by molar-refractivity contribution is 4.44. The highest BCUT2D eigenvalue weighted by Crippen LogP contribution is 2.07. The van der Waals surface area contributed by atoms with E-state index >= 15 is 0 Å². The van der Waals surface area contributed by atoms with E-state index in [2.05, 4.69) is 0 Å². The Hall–Kier alpha value is -0.250. The number of aliphatic hydroxyl groups is 1. The molecule has 0 rings (SSSR count). The molecule has 0 aromatic heterocycles. The summed E-state index contributed by atoms with van der Waals surface area (Å²) in [5.41, 5.74) is 0. The smallest absolute Gasteiger partial charge is 0.238 e. The van der Waals surface area contributed by atoms with Crippen molar-refractivity contribution in [2.75, 3.05) is 0 Å². The molecule has 0 saturated carbocycles. The molecule has 1 unspecified atom stereocenters. The van der Waals surface area contributed by atoms with Gasteiger partial charge in [0.15, 0.2) is 6.36 Å². The molecule has 1 atom stereocenters. The number of hydrogen-bond donors (Lipinski definition) is 1. The molecular formula is C5H9F3O. The van der Waals surface area contributed by atoms with Crippen molar-refractivity contribution in [3.8, 4) is 0 Å². The lowest BCUT2D eigenvalue weighted by Gasteiger charge is -1.98. The van der Waals surface area contributed by atoms with Crippen LogP contribution < -0.4 is 0 Å². The lowest BCUT2D eigenvalue weighted by Crippen LogP contribution is -1.98. The van der Waals surface area contributed by atoms with Crippen LogP contribution in [0, 0.1) is 0 Å². The molecule has 0 heterocycles. The van der Waals surface area contributed by atoms with Crippen LogP contribution in [0.25, 0.3) is 0 Å². The lowest BCUT2D eigenvalue weighted by molar-refractivity contribution is 0.0272. The number of hydrogen-bond acceptors (Lipinski definition) is 1. The number of halogens is 3. The van der Waals surface area contributed by atoms with Gasteiger partial charge < -0.3 is 5.11 Å². The van der Waals surface area contributed by atoms with E-state index < -0.39 is 12.8 Å². The molecule has 0 bridgehead atoms. The molecule has 0 aromatic rings. The molecule has 1 N–H and O–H groups in total. The Labute approximate surface area is 51.5 Å². The van der Waals surface area contributed by atoms with Crippen LogP contribution in [0.1, 0.15) is 19.3 Å². The third kappa shape index (κ3) is 7.75. The van der Waals surface area contributed by atoms with E-state index in [-0.39, 0.29) is 19.3 Å². The zero-order valence-electron chi connectivity index (χ0n) is 4.86. The van der Waals surface area contributed by atoms with Gasteiger partial charge in [-0.15, -0.1) is 0 Å². The minimum atomic E-state index is -2.39. The van der Waals surface area contributed by atoms with E-state index in [1.807, 2.05) is 0 Å². The first kappa shape index (κ1) is 8.75. The fourth-order valence-electron chi connectivity index (χ4n) is 0.441. The highest BCUT2D eigenvalue weighted by atomic mass is 19.3. The van der Waals surface area contributed by atoms with E-state index in [0.717, 1.165) is 0 Å². The van der Waals surface area contributed by atoms with Crippen molar-refractivity contribution < 1.29 is 18.3 Å². The summed E-state index contributed by atoms with van der Waals surface area (Å²) in [4.78, 5) is 0. The Morgan fingerprint density at radius 1 is 1.11 bits per heavy atom. The lowest BCUT2D eigenvalue weighted by atomic mass is 10.2. The van der Waals surface area contributed by atoms with Crippen molar-refractivity contribution in [2.45, 2.75) is 32.0 Å². The molecule has 9 heavy (non-hydrogen) atoms. The van der Waals surface area contributed by atoms with Gasteiger partial charge in [-0.05, 0) is 6.42 Å². The van der Waals surface area contributed by atoms with Crippen LogP contribution in [0.15, 0.2) is 0 Å². The van der Waals surface area contributed by atoms with Crippen LogP contribution in [0.5, 0.6) is 0 Å². The minimum Gasteiger partial charge on any atom is -0.364 e. The van der Waals surface area contributed by atoms with Gasteiger partial charge >= 0.3 is 0 Å². The molecule has 0 amide bonds. The summed E-state index contributed by atoms with van der Waals surface area (Å²) in [5.74, 6) is 0. The van der Waals surface area contributed by atoms with Crippen LogP contribution in [-0.2, 0) is 0 Å². The molecule has 0 aliphatic rings. The predicted octanol–water partition coefficient (Wildman–Crippen LogP) is 1.71. The summed E-state index contributed by atoms with van der Waals surface area (Å²) in [7, 11) is 0. The van der Waals surface area contributed by atoms with E-state index in [0.29, 0.717) is 0 Å². The van der Waals surface area contributed by atoms with Crippen molar-refractivity contribution >= 4 is 0 Å². The van der Waals surface area contributed by atoms with Crippen LogP contribution in [0.4, 0.5) is 13.2 Å². The standard InChI is InChI=1S/C5H9F3O/c6-4(7)2-1-3-5(8)9/h4-5,9H,1-3H2. The van der Waals surface area contributed by atoms with Crippen molar-refractivity contribution in [3.63, 3.8) is 0 Å². The Kier molecular flexibility index (Phi) is 4.48. The molecule has 0 aliphatic carbocycles. The van der Waals surface area contributed by atoms with Crippen LogP contribution >= 0.6 is 0 Å². The van der Waals surface area contributed by atoms with Crippen LogP contribution in [0.3, 0.4) is 0 Å². The third-order valence-corrected chi connectivity index (χ3v) is 0.865. The van der Waals surface area contributed by atoms with Crippen molar-refractivity contribution in [1.29, 1.82) is 0 Å². The van der Waals surface area contributed by atoms with Gasteiger partial charge in [0.25, 0.3) is 0 Å². The van der Waals surface area contributed by atoms with Crippen molar-refractivity contribution in [1.82, 2.24) is 0 Å². The molecule has 0 spiro atoms. The molecule has 0 aliphatic heterocycles. The quantitative estimate of drug-likeness (QED) is 0.633. The first-order valence-electron chi connectivity index (χ1n) is 2.73. The predicted molar refractivity (Wildman–Crippen MR) is 27.0 cm³/mol. The first-order valence-corrected chi connectivity index (χ1v) is 2.73. The van der Waals surface area contributed by atoms with E-state index in [1.54, 1.807) is 0 Å². The number of alkyl halides is 3. The summed E-state index contributed by atoms with van der Waals surface area (Å²) in [5, 5.41) is 7.95. The molecule has 0 saturated heterocycles. The van der Waals surface area contributed by atoms with Gasteiger partial charge in [0.1, 0.15) is 0 Å². The number of aliphatic hydroxyl groups excluding tert-OH is 1. The normalized spacial score (nSPS) is 14.3. The van der Waals surface area contributed by atoms with Crippen molar-refractivity contribution in [2.24, 2.45) is 0 Å². The SMILES string of the molecule is OC(F)CCCC(F)F. The molecule has 0 fully saturated rings. The average Bonchev–Trinajstić information content (AvgIpc) is 1.63. The second-order valence-corrected chi connectivity index (χ2v) is 1.76. The van der Waals surface area contributed by atoms with Crippen molar-refractivity contribution in [3.05, 3.63) is 0 Å². The molecule has 0 aromatic carbocycles. The first-order chi connectivity index (χ1) is 4.13. The fourth-order valence-corrected chi connectivity index (χ4v) is 0.441. The van der Waals surface area contributed by atoms with E-state index in [1.165, 1.54) is 0 Å². The number of rotatable bonds is 4. The summed E-state index contributed by atoms with van der Waals surface area (Å²) >= 11 is 0. The monoisotopic (exact) mass is 142 g/mol. The van der Waals surface area contributed by atoms with Gasteiger partial charge in [-0.25, -0.2) is 13.2 Å². The fraction of sp³-hybridized carbons (Fsp3) is 1.00. The summed E-state index contributed by atoms with van der Waals surface area (Å²) in [6, 6.07) is 0. The van der Waals surface area contributed by atoms with Gasteiger partial charge in [-0.3, -0.25) is 0 Å².